The number of aromatic nitrogens is 3. The van der Waals surface area contributed by atoms with Crippen LogP contribution in [0, 0.1) is 6.92 Å². The lowest BCUT2D eigenvalue weighted by Crippen LogP contribution is -2.06. The van der Waals surface area contributed by atoms with Crippen molar-refractivity contribution >= 4 is 52.0 Å². The highest BCUT2D eigenvalue weighted by Crippen LogP contribution is 2.34. The van der Waals surface area contributed by atoms with Gasteiger partial charge in [0.2, 0.25) is 0 Å². The summed E-state index contributed by atoms with van der Waals surface area (Å²) in [7, 11) is 0. The van der Waals surface area contributed by atoms with Gasteiger partial charge in [-0.1, -0.05) is 35.3 Å². The van der Waals surface area contributed by atoms with E-state index in [1.54, 1.807) is 18.2 Å². The molecular formula is C16H14Cl2N6. The van der Waals surface area contributed by atoms with Crippen LogP contribution < -0.4 is 16.4 Å². The number of nitrogens with one attached hydrogen (secondary N) is 2. The molecule has 0 fully saturated rings. The van der Waals surface area contributed by atoms with Gasteiger partial charge >= 0.3 is 0 Å². The van der Waals surface area contributed by atoms with Gasteiger partial charge in [-0.15, -0.1) is 0 Å². The lowest BCUT2D eigenvalue weighted by atomic mass is 10.3. The molecule has 1 aromatic carbocycles. The van der Waals surface area contributed by atoms with Crippen LogP contribution in [0.2, 0.25) is 10.0 Å². The molecule has 122 valence electrons. The minimum atomic E-state index is 0.344. The van der Waals surface area contributed by atoms with Crippen LogP contribution in [0.3, 0.4) is 0 Å². The smallest absolute Gasteiger partial charge is 0.160 e. The average Bonchev–Trinajstić information content (AvgIpc) is 2.55. The zero-order chi connectivity index (χ0) is 17.1. The van der Waals surface area contributed by atoms with Crippen molar-refractivity contribution in [1.82, 2.24) is 15.0 Å². The van der Waals surface area contributed by atoms with Crippen molar-refractivity contribution in [2.45, 2.75) is 6.92 Å². The number of hydrogen-bond acceptors (Lipinski definition) is 6. The van der Waals surface area contributed by atoms with Crippen LogP contribution in [0.25, 0.3) is 0 Å². The molecule has 8 heteroatoms. The highest BCUT2D eigenvalue weighted by atomic mass is 35.5. The Morgan fingerprint density at radius 3 is 2.42 bits per heavy atom. The highest BCUT2D eigenvalue weighted by Gasteiger charge is 2.11. The largest absolute Gasteiger partial charge is 0.393 e. The molecule has 2 aromatic heterocycles. The van der Waals surface area contributed by atoms with E-state index in [1.165, 1.54) is 6.33 Å². The van der Waals surface area contributed by atoms with Crippen LogP contribution >= 0.6 is 23.2 Å². The Balaban J connectivity index is 1.89. The van der Waals surface area contributed by atoms with E-state index in [-0.39, 0.29) is 0 Å². The van der Waals surface area contributed by atoms with Crippen molar-refractivity contribution in [3.63, 3.8) is 0 Å². The summed E-state index contributed by atoms with van der Waals surface area (Å²) in [6, 6.07) is 10.9. The van der Waals surface area contributed by atoms with Crippen LogP contribution in [0.15, 0.2) is 42.7 Å². The Morgan fingerprint density at radius 1 is 0.958 bits per heavy atom. The molecule has 0 aliphatic heterocycles. The fraction of sp³-hybridized carbons (Fsp3) is 0.0625. The Hall–Kier alpha value is -2.57. The number of nitrogens with two attached hydrogens (primary N) is 1. The van der Waals surface area contributed by atoms with Gasteiger partial charge in [0, 0.05) is 5.69 Å². The van der Waals surface area contributed by atoms with Crippen molar-refractivity contribution in [3.05, 3.63) is 58.5 Å². The third-order valence-corrected chi connectivity index (χ3v) is 4.04. The van der Waals surface area contributed by atoms with Crippen LogP contribution in [-0.4, -0.2) is 15.0 Å². The first-order valence-electron chi connectivity index (χ1n) is 7.07. The number of rotatable bonds is 4. The lowest BCUT2D eigenvalue weighted by Gasteiger charge is -2.13. The normalized spacial score (nSPS) is 10.5. The topological polar surface area (TPSA) is 88.8 Å². The minimum absolute atomic E-state index is 0.344. The molecule has 0 atom stereocenters. The maximum absolute atomic E-state index is 6.18. The van der Waals surface area contributed by atoms with Gasteiger partial charge < -0.3 is 16.4 Å². The van der Waals surface area contributed by atoms with Crippen molar-refractivity contribution in [1.29, 1.82) is 0 Å². The Morgan fingerprint density at radius 2 is 1.67 bits per heavy atom. The van der Waals surface area contributed by atoms with Gasteiger partial charge in [0.15, 0.2) is 11.6 Å². The number of anilines is 5. The fourth-order valence-electron chi connectivity index (χ4n) is 2.06. The molecule has 6 nitrogen and oxygen atoms in total. The predicted octanol–water partition coefficient (Wildman–Crippen LogP) is 4.56. The molecule has 0 aliphatic carbocycles. The average molecular weight is 361 g/mol. The number of nitrogens with zero attached hydrogens (tertiary/aromatic N) is 3. The third-order valence-electron chi connectivity index (χ3n) is 3.22. The monoisotopic (exact) mass is 360 g/mol. The molecule has 0 saturated carbocycles. The summed E-state index contributed by atoms with van der Waals surface area (Å²) in [4.78, 5) is 12.7. The molecule has 0 aliphatic rings. The number of halogens is 2. The lowest BCUT2D eigenvalue weighted by molar-refractivity contribution is 1.15. The summed E-state index contributed by atoms with van der Waals surface area (Å²) >= 11 is 12.2. The summed E-state index contributed by atoms with van der Waals surface area (Å²) in [5, 5.41) is 6.98. The van der Waals surface area contributed by atoms with Crippen molar-refractivity contribution < 1.29 is 0 Å². The van der Waals surface area contributed by atoms with Gasteiger partial charge in [0.05, 0.1) is 15.7 Å². The molecule has 3 rings (SSSR count). The SMILES string of the molecule is Cc1cccc(Nc2ncnc(Nc3cccc(Cl)c3Cl)c2N)n1. The van der Waals surface area contributed by atoms with Crippen LogP contribution in [-0.2, 0) is 0 Å². The second-order valence-corrected chi connectivity index (χ2v) is 5.79. The quantitative estimate of drug-likeness (QED) is 0.632. The summed E-state index contributed by atoms with van der Waals surface area (Å²) in [5.41, 5.74) is 7.99. The second-order valence-electron chi connectivity index (χ2n) is 5.00. The van der Waals surface area contributed by atoms with Gasteiger partial charge in [-0.3, -0.25) is 0 Å². The van der Waals surface area contributed by atoms with E-state index in [0.29, 0.717) is 38.9 Å². The van der Waals surface area contributed by atoms with Crippen molar-refractivity contribution in [2.24, 2.45) is 0 Å². The fourth-order valence-corrected chi connectivity index (χ4v) is 2.40. The van der Waals surface area contributed by atoms with Gasteiger partial charge in [-0.25, -0.2) is 15.0 Å². The van der Waals surface area contributed by atoms with Crippen molar-refractivity contribution in [3.8, 4) is 0 Å². The van der Waals surface area contributed by atoms with E-state index in [1.807, 2.05) is 25.1 Å². The van der Waals surface area contributed by atoms with E-state index in [4.69, 9.17) is 28.9 Å². The molecule has 3 aromatic rings. The second kappa shape index (κ2) is 6.90. The first kappa shape index (κ1) is 16.3. The van der Waals surface area contributed by atoms with E-state index in [2.05, 4.69) is 25.6 Å². The zero-order valence-corrected chi connectivity index (χ0v) is 14.2. The maximum Gasteiger partial charge on any atom is 0.160 e. The highest BCUT2D eigenvalue weighted by molar-refractivity contribution is 6.43. The Bertz CT molecular complexity index is 884. The molecule has 0 bridgehead atoms. The Labute approximate surface area is 149 Å². The molecule has 0 unspecified atom stereocenters. The van der Waals surface area contributed by atoms with Gasteiger partial charge in [0.1, 0.15) is 17.8 Å². The van der Waals surface area contributed by atoms with E-state index in [9.17, 15) is 0 Å². The number of nitrogen functional groups attached to an aromatic ring is 1. The van der Waals surface area contributed by atoms with Gasteiger partial charge in [-0.2, -0.15) is 0 Å². The molecule has 0 saturated heterocycles. The van der Waals surface area contributed by atoms with Crippen LogP contribution in [0.5, 0.6) is 0 Å². The number of hydrogen-bond donors (Lipinski definition) is 3. The van der Waals surface area contributed by atoms with Gasteiger partial charge in [-0.05, 0) is 31.2 Å². The minimum Gasteiger partial charge on any atom is -0.393 e. The standard InChI is InChI=1S/C16H14Cl2N6/c1-9-4-2-7-12(22-9)24-16-14(19)15(20-8-21-16)23-11-6-3-5-10(17)13(11)18/h2-8H,19H2,1H3,(H2,20,21,22,23,24). The number of aryl methyl sites for hydroxylation is 1. The summed E-state index contributed by atoms with van der Waals surface area (Å²) < 4.78 is 0. The van der Waals surface area contributed by atoms with Gasteiger partial charge in [0.25, 0.3) is 0 Å². The van der Waals surface area contributed by atoms with E-state index >= 15 is 0 Å². The summed E-state index contributed by atoms with van der Waals surface area (Å²) in [6.07, 6.45) is 1.40. The molecular weight excluding hydrogens is 347 g/mol. The number of benzene rings is 1. The first-order valence-corrected chi connectivity index (χ1v) is 7.82. The first-order chi connectivity index (χ1) is 11.5. The predicted molar refractivity (Wildman–Crippen MR) is 98.4 cm³/mol. The summed E-state index contributed by atoms with van der Waals surface area (Å²) in [5.74, 6) is 1.51. The molecule has 0 spiro atoms. The zero-order valence-electron chi connectivity index (χ0n) is 12.7. The third kappa shape index (κ3) is 3.50. The molecule has 2 heterocycles. The van der Waals surface area contributed by atoms with Crippen LogP contribution in [0.4, 0.5) is 28.8 Å². The Kier molecular flexibility index (Phi) is 4.69. The number of pyridine rings is 1. The van der Waals surface area contributed by atoms with E-state index in [0.717, 1.165) is 5.69 Å². The maximum atomic E-state index is 6.18. The molecule has 0 radical (unpaired) electrons. The summed E-state index contributed by atoms with van der Waals surface area (Å²) in [6.45, 7) is 1.91. The van der Waals surface area contributed by atoms with E-state index < -0.39 is 0 Å². The molecule has 24 heavy (non-hydrogen) atoms. The van der Waals surface area contributed by atoms with Crippen LogP contribution in [0.1, 0.15) is 5.69 Å². The molecule has 0 amide bonds. The molecule has 4 N–H and O–H groups in total. The van der Waals surface area contributed by atoms with Crippen molar-refractivity contribution in [2.75, 3.05) is 16.4 Å².